The fourth-order valence-corrected chi connectivity index (χ4v) is 1.31. The van der Waals surface area contributed by atoms with Crippen LogP contribution in [0.5, 0.6) is 0 Å². The maximum absolute atomic E-state index is 2.99. The van der Waals surface area contributed by atoms with Crippen LogP contribution in [0.4, 0.5) is 0 Å². The Kier molecular flexibility index (Phi) is 1.46. The number of hydrogen-bond acceptors (Lipinski definition) is 0. The molecule has 0 nitrogen and oxygen atoms in total. The van der Waals surface area contributed by atoms with Gasteiger partial charge in [-0.2, -0.15) is 0 Å². The first kappa shape index (κ1) is 4.08. The Morgan fingerprint density at radius 3 is 2.83 bits per heavy atom. The Hall–Kier alpha value is -0.0905. The van der Waals surface area contributed by atoms with Gasteiger partial charge in [-0.3, -0.25) is 0 Å². The SMILES string of the molecule is [C+]1=CC[Se]C=C1. The number of rotatable bonds is 0. The molecule has 0 bridgehead atoms. The van der Waals surface area contributed by atoms with E-state index in [0.29, 0.717) is 0 Å². The van der Waals surface area contributed by atoms with Gasteiger partial charge in [0.15, 0.2) is 0 Å². The Morgan fingerprint density at radius 1 is 1.67 bits per heavy atom. The van der Waals surface area contributed by atoms with E-state index in [4.69, 9.17) is 0 Å². The fraction of sp³-hybridized carbons (Fsp3) is 0.200. The van der Waals surface area contributed by atoms with Crippen LogP contribution >= 0.6 is 0 Å². The van der Waals surface area contributed by atoms with Gasteiger partial charge in [0.1, 0.15) is 0 Å². The molecule has 0 saturated heterocycles. The molecule has 1 rings (SSSR count). The van der Waals surface area contributed by atoms with Crippen molar-refractivity contribution >= 4 is 15.0 Å². The van der Waals surface area contributed by atoms with Gasteiger partial charge in [0.2, 0.25) is 0 Å². The molecule has 0 aromatic heterocycles. The minimum atomic E-state index is 0.755. The zero-order chi connectivity index (χ0) is 4.24. The molecule has 0 amide bonds. The van der Waals surface area contributed by atoms with Gasteiger partial charge in [0, 0.05) is 0 Å². The zero-order valence-electron chi connectivity index (χ0n) is 3.35. The molecule has 0 radical (unpaired) electrons. The fourth-order valence-electron chi connectivity index (χ4n) is 0.307. The molecule has 0 saturated carbocycles. The second-order valence-corrected chi connectivity index (χ2v) is 2.98. The van der Waals surface area contributed by atoms with E-state index in [1.165, 1.54) is 5.32 Å². The van der Waals surface area contributed by atoms with Crippen LogP contribution in [-0.4, -0.2) is 15.0 Å². The van der Waals surface area contributed by atoms with Crippen LogP contribution in [0.2, 0.25) is 5.32 Å². The van der Waals surface area contributed by atoms with Crippen LogP contribution in [0.3, 0.4) is 0 Å². The van der Waals surface area contributed by atoms with Crippen LogP contribution in [0.15, 0.2) is 17.1 Å². The van der Waals surface area contributed by atoms with Gasteiger partial charge in [-0.1, -0.05) is 0 Å². The van der Waals surface area contributed by atoms with Crippen molar-refractivity contribution in [3.63, 3.8) is 0 Å². The molecule has 1 aliphatic rings. The topological polar surface area (TPSA) is 0 Å². The summed E-state index contributed by atoms with van der Waals surface area (Å²) in [7, 11) is 0. The summed E-state index contributed by atoms with van der Waals surface area (Å²) in [5.41, 5.74) is 0. The molecule has 0 aromatic carbocycles. The summed E-state index contributed by atoms with van der Waals surface area (Å²) < 4.78 is 0. The Balaban J connectivity index is 2.46. The summed E-state index contributed by atoms with van der Waals surface area (Å²) in [6.45, 7) is 0. The summed E-state index contributed by atoms with van der Waals surface area (Å²) in [6.07, 6.45) is 7.07. The quantitative estimate of drug-likeness (QED) is 0.351. The van der Waals surface area contributed by atoms with Gasteiger partial charge in [0.25, 0.3) is 0 Å². The molecule has 0 atom stereocenters. The van der Waals surface area contributed by atoms with Crippen molar-refractivity contribution in [3.05, 3.63) is 23.2 Å². The van der Waals surface area contributed by atoms with Gasteiger partial charge in [0.05, 0.1) is 0 Å². The monoisotopic (exact) mass is 145 g/mol. The average molecular weight is 144 g/mol. The van der Waals surface area contributed by atoms with E-state index in [1.54, 1.807) is 0 Å². The van der Waals surface area contributed by atoms with Gasteiger partial charge in [-0.05, 0) is 0 Å². The van der Waals surface area contributed by atoms with Crippen LogP contribution in [0.1, 0.15) is 0 Å². The third kappa shape index (κ3) is 0.948. The third-order valence-corrected chi connectivity index (χ3v) is 2.00. The summed E-state index contributed by atoms with van der Waals surface area (Å²) in [4.78, 5) is 2.19. The Morgan fingerprint density at radius 2 is 2.67 bits per heavy atom. The molecule has 0 aromatic rings. The summed E-state index contributed by atoms with van der Waals surface area (Å²) in [6, 6.07) is 0. The van der Waals surface area contributed by atoms with E-state index in [1.807, 2.05) is 6.08 Å². The second kappa shape index (κ2) is 2.15. The number of hydrogen-bond donors (Lipinski definition) is 0. The summed E-state index contributed by atoms with van der Waals surface area (Å²) >= 11 is 0.755. The standard InChI is InChI=1S/C5H5Se/c1-2-4-6-5-3-1/h2-4H,5H2/q+1. The van der Waals surface area contributed by atoms with Crippen molar-refractivity contribution in [1.82, 2.24) is 0 Å². The van der Waals surface area contributed by atoms with Crippen LogP contribution < -0.4 is 0 Å². The van der Waals surface area contributed by atoms with Gasteiger partial charge in [-0.25, -0.2) is 0 Å². The van der Waals surface area contributed by atoms with E-state index >= 15 is 0 Å². The maximum atomic E-state index is 2.99. The number of allylic oxidation sites excluding steroid dienone is 3. The van der Waals surface area contributed by atoms with Crippen LogP contribution in [0, 0.1) is 6.08 Å². The Bertz CT molecular complexity index is 69.9. The normalized spacial score (nSPS) is 17.3. The molecule has 30 valence electrons. The molecular formula is C5H5Se+. The molecule has 6 heavy (non-hydrogen) atoms. The van der Waals surface area contributed by atoms with Crippen molar-refractivity contribution in [2.24, 2.45) is 0 Å². The predicted molar refractivity (Wildman–Crippen MR) is 27.5 cm³/mol. The van der Waals surface area contributed by atoms with E-state index in [2.05, 4.69) is 17.1 Å². The molecule has 1 aliphatic heterocycles. The first-order valence-corrected chi connectivity index (χ1v) is 4.04. The van der Waals surface area contributed by atoms with Gasteiger partial charge in [-0.15, -0.1) is 0 Å². The molecule has 0 aliphatic carbocycles. The van der Waals surface area contributed by atoms with Crippen molar-refractivity contribution in [2.75, 3.05) is 0 Å². The Labute approximate surface area is 44.1 Å². The van der Waals surface area contributed by atoms with Crippen molar-refractivity contribution in [1.29, 1.82) is 0 Å². The second-order valence-electron chi connectivity index (χ2n) is 1.01. The summed E-state index contributed by atoms with van der Waals surface area (Å²) in [5, 5.41) is 1.24. The van der Waals surface area contributed by atoms with Gasteiger partial charge >= 0.3 is 43.5 Å². The van der Waals surface area contributed by atoms with Crippen molar-refractivity contribution in [3.8, 4) is 0 Å². The molecule has 0 N–H and O–H groups in total. The van der Waals surface area contributed by atoms with Crippen molar-refractivity contribution in [2.45, 2.75) is 5.32 Å². The van der Waals surface area contributed by atoms with Crippen LogP contribution in [0.25, 0.3) is 0 Å². The van der Waals surface area contributed by atoms with E-state index in [0.717, 1.165) is 15.0 Å². The summed E-state index contributed by atoms with van der Waals surface area (Å²) in [5.74, 6) is 0. The van der Waals surface area contributed by atoms with E-state index in [9.17, 15) is 0 Å². The van der Waals surface area contributed by atoms with Crippen LogP contribution in [-0.2, 0) is 0 Å². The van der Waals surface area contributed by atoms with Gasteiger partial charge < -0.3 is 0 Å². The van der Waals surface area contributed by atoms with E-state index in [-0.39, 0.29) is 0 Å². The molecule has 1 heteroatoms. The first-order valence-electron chi connectivity index (χ1n) is 1.84. The average Bonchev–Trinajstić information content (AvgIpc) is 1.72. The molecule has 0 fully saturated rings. The first-order chi connectivity index (χ1) is 3.00. The zero-order valence-corrected chi connectivity index (χ0v) is 5.06. The molecule has 0 unspecified atom stereocenters. The van der Waals surface area contributed by atoms with E-state index < -0.39 is 0 Å². The van der Waals surface area contributed by atoms with Crippen molar-refractivity contribution < 1.29 is 0 Å². The molecule has 0 spiro atoms. The molecular weight excluding hydrogens is 139 g/mol. The predicted octanol–water partition coefficient (Wildman–Crippen LogP) is 0.996. The third-order valence-electron chi connectivity index (χ3n) is 0.558. The molecule has 1 heterocycles. The minimum absolute atomic E-state index is 0.755.